The van der Waals surface area contributed by atoms with Gasteiger partial charge in [-0.2, -0.15) is 0 Å². The van der Waals surface area contributed by atoms with E-state index in [-0.39, 0.29) is 0 Å². The molecule has 0 fully saturated rings. The van der Waals surface area contributed by atoms with Crippen molar-refractivity contribution in [3.05, 3.63) is 34.3 Å². The number of primary sulfonamides is 1. The third-order valence-corrected chi connectivity index (χ3v) is 2.69. The quantitative estimate of drug-likeness (QED) is 0.835. The second kappa shape index (κ2) is 4.20. The van der Waals surface area contributed by atoms with Crippen LogP contribution in [-0.4, -0.2) is 20.0 Å². The minimum absolute atomic E-state index is 0.335. The first-order valence-corrected chi connectivity index (χ1v) is 6.18. The first-order chi connectivity index (χ1) is 6.38. The second-order valence-electron chi connectivity index (χ2n) is 2.74. The Kier molecular flexibility index (Phi) is 3.41. The van der Waals surface area contributed by atoms with Crippen LogP contribution in [0.4, 0.5) is 0 Å². The van der Waals surface area contributed by atoms with E-state index in [1.165, 1.54) is 12.1 Å². The Labute approximate surface area is 90.3 Å². The fourth-order valence-electron chi connectivity index (χ4n) is 0.902. The number of ketones is 1. The number of halogens is 1. The summed E-state index contributed by atoms with van der Waals surface area (Å²) in [6.45, 7) is 0. The van der Waals surface area contributed by atoms with Gasteiger partial charge in [-0.1, -0.05) is 28.1 Å². The Balaban J connectivity index is 2.86. The highest BCUT2D eigenvalue weighted by atomic mass is 79.9. The number of carbonyl (C=O) groups is 1. The molecule has 0 atom stereocenters. The summed E-state index contributed by atoms with van der Waals surface area (Å²) in [5.41, 5.74) is 0.335. The maximum absolute atomic E-state index is 11.3. The van der Waals surface area contributed by atoms with Crippen LogP contribution in [0.5, 0.6) is 0 Å². The van der Waals surface area contributed by atoms with Gasteiger partial charge in [-0.25, -0.2) is 13.6 Å². The Morgan fingerprint density at radius 2 is 1.79 bits per heavy atom. The van der Waals surface area contributed by atoms with E-state index < -0.39 is 21.6 Å². The molecule has 0 amide bonds. The van der Waals surface area contributed by atoms with Crippen molar-refractivity contribution < 1.29 is 13.2 Å². The van der Waals surface area contributed by atoms with Crippen LogP contribution in [0.3, 0.4) is 0 Å². The van der Waals surface area contributed by atoms with Gasteiger partial charge < -0.3 is 0 Å². The molecule has 1 aromatic carbocycles. The smallest absolute Gasteiger partial charge is 0.216 e. The average Bonchev–Trinajstić information content (AvgIpc) is 2.02. The minimum atomic E-state index is -3.74. The molecule has 6 heteroatoms. The molecule has 0 radical (unpaired) electrons. The van der Waals surface area contributed by atoms with E-state index in [0.29, 0.717) is 5.56 Å². The fraction of sp³-hybridized carbons (Fsp3) is 0.125. The summed E-state index contributed by atoms with van der Waals surface area (Å²) in [4.78, 5) is 11.3. The van der Waals surface area contributed by atoms with Crippen molar-refractivity contribution in [2.75, 3.05) is 5.75 Å². The molecule has 0 spiro atoms. The molecule has 0 saturated carbocycles. The zero-order valence-corrected chi connectivity index (χ0v) is 9.51. The first-order valence-electron chi connectivity index (χ1n) is 3.68. The Morgan fingerprint density at radius 1 is 1.29 bits per heavy atom. The minimum Gasteiger partial charge on any atom is -0.293 e. The van der Waals surface area contributed by atoms with Crippen LogP contribution in [0.1, 0.15) is 10.4 Å². The van der Waals surface area contributed by atoms with E-state index in [2.05, 4.69) is 15.9 Å². The van der Waals surface area contributed by atoms with E-state index in [9.17, 15) is 13.2 Å². The van der Waals surface area contributed by atoms with Crippen LogP contribution < -0.4 is 5.14 Å². The van der Waals surface area contributed by atoms with Crippen LogP contribution in [-0.2, 0) is 10.0 Å². The van der Waals surface area contributed by atoms with Gasteiger partial charge in [0.25, 0.3) is 0 Å². The predicted octanol–water partition coefficient (Wildman–Crippen LogP) is 0.920. The van der Waals surface area contributed by atoms with Gasteiger partial charge in [-0.3, -0.25) is 4.79 Å². The molecular formula is C8H8BrNO3S. The fourth-order valence-corrected chi connectivity index (χ4v) is 1.70. The van der Waals surface area contributed by atoms with Gasteiger partial charge in [0, 0.05) is 10.0 Å². The highest BCUT2D eigenvalue weighted by Gasteiger charge is 2.12. The van der Waals surface area contributed by atoms with Crippen molar-refractivity contribution in [2.45, 2.75) is 0 Å². The second-order valence-corrected chi connectivity index (χ2v) is 5.27. The molecule has 0 aliphatic heterocycles. The van der Waals surface area contributed by atoms with Crippen molar-refractivity contribution in [1.82, 2.24) is 0 Å². The summed E-state index contributed by atoms with van der Waals surface area (Å²) in [6.07, 6.45) is 0. The SMILES string of the molecule is NS(=O)(=O)CC(=O)c1ccc(Br)cc1. The Hall–Kier alpha value is -0.720. The number of hydrogen-bond acceptors (Lipinski definition) is 3. The third kappa shape index (κ3) is 3.57. The number of benzene rings is 1. The molecule has 0 aromatic heterocycles. The van der Waals surface area contributed by atoms with Crippen LogP contribution in [0.2, 0.25) is 0 Å². The summed E-state index contributed by atoms with van der Waals surface area (Å²) in [6, 6.07) is 6.40. The van der Waals surface area contributed by atoms with Crippen LogP contribution in [0.25, 0.3) is 0 Å². The summed E-state index contributed by atoms with van der Waals surface area (Å²) in [5.74, 6) is -1.16. The molecular weight excluding hydrogens is 270 g/mol. The van der Waals surface area contributed by atoms with Crippen LogP contribution >= 0.6 is 15.9 Å². The van der Waals surface area contributed by atoms with Gasteiger partial charge in [0.2, 0.25) is 10.0 Å². The van der Waals surface area contributed by atoms with E-state index in [1.54, 1.807) is 12.1 Å². The molecule has 0 bridgehead atoms. The molecule has 0 aliphatic carbocycles. The number of rotatable bonds is 3. The number of carbonyl (C=O) groups excluding carboxylic acids is 1. The van der Waals surface area contributed by atoms with Gasteiger partial charge in [0.1, 0.15) is 5.75 Å². The largest absolute Gasteiger partial charge is 0.293 e. The Bertz CT molecular complexity index is 438. The molecule has 76 valence electrons. The first kappa shape index (κ1) is 11.4. The molecule has 1 aromatic rings. The summed E-state index contributed by atoms with van der Waals surface area (Å²) < 4.78 is 22.1. The zero-order valence-electron chi connectivity index (χ0n) is 7.10. The van der Waals surface area contributed by atoms with Crippen molar-refractivity contribution in [2.24, 2.45) is 5.14 Å². The van der Waals surface area contributed by atoms with Gasteiger partial charge >= 0.3 is 0 Å². The van der Waals surface area contributed by atoms with Gasteiger partial charge in [-0.15, -0.1) is 0 Å². The molecule has 1 rings (SSSR count). The van der Waals surface area contributed by atoms with Crippen LogP contribution in [0.15, 0.2) is 28.7 Å². The van der Waals surface area contributed by atoms with E-state index >= 15 is 0 Å². The van der Waals surface area contributed by atoms with E-state index in [0.717, 1.165) is 4.47 Å². The lowest BCUT2D eigenvalue weighted by molar-refractivity contribution is 0.102. The zero-order chi connectivity index (χ0) is 10.8. The predicted molar refractivity (Wildman–Crippen MR) is 56.4 cm³/mol. The monoisotopic (exact) mass is 277 g/mol. The Morgan fingerprint density at radius 3 is 2.21 bits per heavy atom. The third-order valence-electron chi connectivity index (χ3n) is 1.50. The molecule has 0 saturated heterocycles. The highest BCUT2D eigenvalue weighted by molar-refractivity contribution is 9.10. The average molecular weight is 278 g/mol. The standard InChI is InChI=1S/C8H8BrNO3S/c9-7-3-1-6(2-4-7)8(11)5-14(10,12)13/h1-4H,5H2,(H2,10,12,13). The maximum Gasteiger partial charge on any atom is 0.216 e. The number of Topliss-reactive ketones (excluding diaryl/α,β-unsaturated/α-hetero) is 1. The maximum atomic E-state index is 11.3. The van der Waals surface area contributed by atoms with Gasteiger partial charge in [0.15, 0.2) is 5.78 Å². The van der Waals surface area contributed by atoms with Crippen molar-refractivity contribution in [1.29, 1.82) is 0 Å². The van der Waals surface area contributed by atoms with Gasteiger partial charge in [-0.05, 0) is 12.1 Å². The van der Waals surface area contributed by atoms with Crippen molar-refractivity contribution in [3.8, 4) is 0 Å². The lowest BCUT2D eigenvalue weighted by Crippen LogP contribution is -2.23. The molecule has 0 heterocycles. The van der Waals surface area contributed by atoms with E-state index in [1.807, 2.05) is 0 Å². The summed E-state index contributed by atoms with van der Waals surface area (Å²) in [7, 11) is -3.74. The molecule has 0 unspecified atom stereocenters. The van der Waals surface area contributed by atoms with Crippen molar-refractivity contribution >= 4 is 31.7 Å². The topological polar surface area (TPSA) is 77.2 Å². The van der Waals surface area contributed by atoms with Crippen LogP contribution in [0, 0.1) is 0 Å². The lowest BCUT2D eigenvalue weighted by Gasteiger charge is -1.99. The summed E-state index contributed by atoms with van der Waals surface area (Å²) in [5, 5.41) is 4.75. The van der Waals surface area contributed by atoms with E-state index in [4.69, 9.17) is 5.14 Å². The summed E-state index contributed by atoms with van der Waals surface area (Å²) >= 11 is 3.20. The molecule has 2 N–H and O–H groups in total. The molecule has 0 aliphatic rings. The normalized spacial score (nSPS) is 11.3. The van der Waals surface area contributed by atoms with Gasteiger partial charge in [0.05, 0.1) is 0 Å². The molecule has 14 heavy (non-hydrogen) atoms. The number of hydrogen-bond donors (Lipinski definition) is 1. The highest BCUT2D eigenvalue weighted by Crippen LogP contribution is 2.11. The molecule has 4 nitrogen and oxygen atoms in total. The number of nitrogens with two attached hydrogens (primary N) is 1. The lowest BCUT2D eigenvalue weighted by atomic mass is 10.2. The number of sulfonamides is 1. The van der Waals surface area contributed by atoms with Crippen molar-refractivity contribution in [3.63, 3.8) is 0 Å².